The zero-order chi connectivity index (χ0) is 18.4. The van der Waals surface area contributed by atoms with Crippen molar-refractivity contribution in [3.63, 3.8) is 0 Å². The van der Waals surface area contributed by atoms with Gasteiger partial charge in [-0.15, -0.1) is 0 Å². The smallest absolute Gasteiger partial charge is 0.406 e. The highest BCUT2D eigenvalue weighted by Gasteiger charge is 2.10. The second kappa shape index (κ2) is 8.48. The molecule has 0 saturated carbocycles. The van der Waals surface area contributed by atoms with E-state index in [9.17, 15) is 4.79 Å². The molecule has 0 atom stereocenters. The summed E-state index contributed by atoms with van der Waals surface area (Å²) < 4.78 is 13.1. The third-order valence-electron chi connectivity index (χ3n) is 3.51. The van der Waals surface area contributed by atoms with Gasteiger partial charge in [-0.25, -0.2) is 9.48 Å². The van der Waals surface area contributed by atoms with E-state index in [2.05, 4.69) is 31.3 Å². The van der Waals surface area contributed by atoms with Gasteiger partial charge in [0.15, 0.2) is 0 Å². The van der Waals surface area contributed by atoms with Crippen LogP contribution >= 0.6 is 15.9 Å². The van der Waals surface area contributed by atoms with E-state index in [4.69, 9.17) is 9.47 Å². The molecule has 0 radical (unpaired) electrons. The van der Waals surface area contributed by atoms with Gasteiger partial charge in [-0.05, 0) is 52.3 Å². The highest BCUT2D eigenvalue weighted by Crippen LogP contribution is 2.27. The molecule has 2 heterocycles. The second-order valence-corrected chi connectivity index (χ2v) is 6.09. The Morgan fingerprint density at radius 2 is 1.88 bits per heavy atom. The number of halogens is 1. The molecule has 0 aliphatic heterocycles. The predicted molar refractivity (Wildman–Crippen MR) is 100 cm³/mol. The van der Waals surface area contributed by atoms with Gasteiger partial charge in [0.2, 0.25) is 0 Å². The van der Waals surface area contributed by atoms with Crippen molar-refractivity contribution < 1.29 is 14.3 Å². The summed E-state index contributed by atoms with van der Waals surface area (Å²) in [6, 6.07) is 11.3. The summed E-state index contributed by atoms with van der Waals surface area (Å²) in [6.07, 6.45) is 4.91. The lowest BCUT2D eigenvalue weighted by Gasteiger charge is -2.08. The summed E-state index contributed by atoms with van der Waals surface area (Å²) in [5.74, 6) is 0.690. The fourth-order valence-electron chi connectivity index (χ4n) is 2.25. The van der Waals surface area contributed by atoms with Crippen molar-refractivity contribution in [2.75, 3.05) is 20.3 Å². The molecule has 134 valence electrons. The monoisotopic (exact) mass is 416 g/mol. The Kier molecular flexibility index (Phi) is 5.85. The van der Waals surface area contributed by atoms with Crippen LogP contribution in [0, 0.1) is 0 Å². The average molecular weight is 417 g/mol. The van der Waals surface area contributed by atoms with Crippen LogP contribution in [0.2, 0.25) is 0 Å². The molecule has 0 saturated heterocycles. The van der Waals surface area contributed by atoms with Gasteiger partial charge in [0.25, 0.3) is 0 Å². The molecule has 3 rings (SSSR count). The van der Waals surface area contributed by atoms with Crippen LogP contribution in [0.4, 0.5) is 4.79 Å². The Morgan fingerprint density at radius 1 is 1.15 bits per heavy atom. The Labute approximate surface area is 159 Å². The van der Waals surface area contributed by atoms with Gasteiger partial charge in [0.1, 0.15) is 24.7 Å². The maximum absolute atomic E-state index is 11.0. The maximum atomic E-state index is 11.0. The normalized spacial score (nSPS) is 10.4. The lowest BCUT2D eigenvalue weighted by molar-refractivity contribution is 0.127. The maximum Gasteiger partial charge on any atom is 0.406 e. The van der Waals surface area contributed by atoms with E-state index >= 15 is 0 Å². The number of nitrogens with one attached hydrogen (secondary N) is 1. The second-order valence-electron chi connectivity index (χ2n) is 5.23. The molecule has 0 aliphatic carbocycles. The summed E-state index contributed by atoms with van der Waals surface area (Å²) in [5, 5.41) is 6.99. The Balaban J connectivity index is 1.65. The van der Waals surface area contributed by atoms with Crippen LogP contribution < -0.4 is 10.1 Å². The lowest BCUT2D eigenvalue weighted by Crippen LogP contribution is -2.21. The molecule has 1 amide bonds. The van der Waals surface area contributed by atoms with Gasteiger partial charge in [0, 0.05) is 31.2 Å². The number of pyridine rings is 1. The zero-order valence-corrected chi connectivity index (χ0v) is 15.6. The van der Waals surface area contributed by atoms with Crippen molar-refractivity contribution >= 4 is 22.0 Å². The first-order valence-electron chi connectivity index (χ1n) is 7.90. The molecule has 26 heavy (non-hydrogen) atoms. The Hall–Kier alpha value is -2.87. The molecule has 8 heteroatoms. The average Bonchev–Trinajstić information content (AvgIpc) is 3.08. The zero-order valence-electron chi connectivity index (χ0n) is 14.1. The van der Waals surface area contributed by atoms with E-state index < -0.39 is 6.09 Å². The molecule has 0 spiro atoms. The summed E-state index contributed by atoms with van der Waals surface area (Å²) in [6.45, 7) is 0.467. The molecule has 1 N–H and O–H groups in total. The minimum absolute atomic E-state index is 0.183. The fraction of sp³-hybridized carbons (Fsp3) is 0.167. The molecule has 7 nitrogen and oxygen atoms in total. The summed E-state index contributed by atoms with van der Waals surface area (Å²) in [4.78, 5) is 15.0. The van der Waals surface area contributed by atoms with Gasteiger partial charge < -0.3 is 14.8 Å². The topological polar surface area (TPSA) is 78.3 Å². The van der Waals surface area contributed by atoms with Gasteiger partial charge >= 0.3 is 6.09 Å². The van der Waals surface area contributed by atoms with Gasteiger partial charge in [-0.1, -0.05) is 0 Å². The number of amides is 1. The Morgan fingerprint density at radius 3 is 2.58 bits per heavy atom. The number of nitrogens with zero attached hydrogens (tertiary/aromatic N) is 3. The number of hydrogen-bond donors (Lipinski definition) is 1. The third-order valence-corrected chi connectivity index (χ3v) is 4.09. The highest BCUT2D eigenvalue weighted by atomic mass is 79.9. The standard InChI is InChI=1S/C18H17BrN4O3/c1-20-18(24)26-11-10-25-15-4-2-14(3-5-15)23-12-16(19)17(22-23)13-6-8-21-9-7-13/h2-9,12H,10-11H2,1H3,(H,20,24). The number of hydrogen-bond acceptors (Lipinski definition) is 5. The number of ether oxygens (including phenoxy) is 2. The molecule has 2 aromatic heterocycles. The number of rotatable bonds is 6. The molecule has 3 aromatic rings. The number of carbonyl (C=O) groups excluding carboxylic acids is 1. The molecule has 0 unspecified atom stereocenters. The first kappa shape index (κ1) is 17.9. The van der Waals surface area contributed by atoms with Crippen molar-refractivity contribution in [3.05, 3.63) is 59.5 Å². The first-order valence-corrected chi connectivity index (χ1v) is 8.70. The van der Waals surface area contributed by atoms with Crippen molar-refractivity contribution in [1.29, 1.82) is 0 Å². The van der Waals surface area contributed by atoms with Gasteiger partial charge in [-0.3, -0.25) is 4.98 Å². The summed E-state index contributed by atoms with van der Waals surface area (Å²) in [5.41, 5.74) is 2.74. The largest absolute Gasteiger partial charge is 0.490 e. The van der Waals surface area contributed by atoms with Gasteiger partial charge in [-0.2, -0.15) is 5.10 Å². The number of benzene rings is 1. The van der Waals surface area contributed by atoms with E-state index in [0.29, 0.717) is 5.75 Å². The lowest BCUT2D eigenvalue weighted by atomic mass is 10.2. The van der Waals surface area contributed by atoms with Crippen LogP contribution in [0.5, 0.6) is 5.75 Å². The molecule has 1 aromatic carbocycles. The molecule has 0 bridgehead atoms. The van der Waals surface area contributed by atoms with Crippen molar-refractivity contribution in [2.45, 2.75) is 0 Å². The van der Waals surface area contributed by atoms with Crippen LogP contribution in [0.3, 0.4) is 0 Å². The SMILES string of the molecule is CNC(=O)OCCOc1ccc(-n2cc(Br)c(-c3ccncc3)n2)cc1. The quantitative estimate of drug-likeness (QED) is 0.622. The summed E-state index contributed by atoms with van der Waals surface area (Å²) in [7, 11) is 1.51. The van der Waals surface area contributed by atoms with Crippen LogP contribution in [-0.4, -0.2) is 41.1 Å². The van der Waals surface area contributed by atoms with Crippen molar-refractivity contribution in [1.82, 2.24) is 20.1 Å². The Bertz CT molecular complexity index is 866. The molecular formula is C18H17BrN4O3. The molecule has 0 fully saturated rings. The third kappa shape index (κ3) is 4.40. The molecule has 0 aliphatic rings. The van der Waals surface area contributed by atoms with Crippen LogP contribution in [-0.2, 0) is 4.74 Å². The summed E-state index contributed by atoms with van der Waals surface area (Å²) >= 11 is 3.55. The fourth-order valence-corrected chi connectivity index (χ4v) is 2.75. The predicted octanol–water partition coefficient (Wildman–Crippen LogP) is 3.43. The minimum atomic E-state index is -0.474. The number of carbonyl (C=O) groups is 1. The van der Waals surface area contributed by atoms with Crippen LogP contribution in [0.25, 0.3) is 16.9 Å². The minimum Gasteiger partial charge on any atom is -0.490 e. The van der Waals surface area contributed by atoms with Crippen LogP contribution in [0.15, 0.2) is 59.5 Å². The number of aromatic nitrogens is 3. The van der Waals surface area contributed by atoms with E-state index in [1.54, 1.807) is 17.1 Å². The van der Waals surface area contributed by atoms with E-state index in [1.165, 1.54) is 7.05 Å². The first-order chi connectivity index (χ1) is 12.7. The van der Waals surface area contributed by atoms with Crippen molar-refractivity contribution in [2.24, 2.45) is 0 Å². The van der Waals surface area contributed by atoms with E-state index in [0.717, 1.165) is 21.4 Å². The molecular weight excluding hydrogens is 400 g/mol. The van der Waals surface area contributed by atoms with E-state index in [-0.39, 0.29) is 13.2 Å². The van der Waals surface area contributed by atoms with Crippen LogP contribution in [0.1, 0.15) is 0 Å². The van der Waals surface area contributed by atoms with Crippen molar-refractivity contribution in [3.8, 4) is 22.7 Å². The highest BCUT2D eigenvalue weighted by molar-refractivity contribution is 9.10. The number of alkyl carbamates (subject to hydrolysis) is 1. The van der Waals surface area contributed by atoms with E-state index in [1.807, 2.05) is 42.6 Å². The van der Waals surface area contributed by atoms with Gasteiger partial charge in [0.05, 0.1) is 10.2 Å².